The van der Waals surface area contributed by atoms with Crippen LogP contribution >= 0.6 is 0 Å². The highest BCUT2D eigenvalue weighted by atomic mass is 16.5. The van der Waals surface area contributed by atoms with Gasteiger partial charge in [-0.2, -0.15) is 0 Å². The number of nitrogens with zero attached hydrogens (tertiary/aromatic N) is 1. The molecule has 1 fully saturated rings. The molecule has 1 aliphatic rings. The number of likely N-dealkylation sites (N-methyl/N-ethyl adjacent to an activating group) is 1. The normalized spacial score (nSPS) is 25.0. The predicted octanol–water partition coefficient (Wildman–Crippen LogP) is -0.881. The van der Waals surface area contributed by atoms with E-state index in [1.165, 1.54) is 0 Å². The van der Waals surface area contributed by atoms with Gasteiger partial charge < -0.3 is 15.6 Å². The van der Waals surface area contributed by atoms with E-state index >= 15 is 0 Å². The van der Waals surface area contributed by atoms with E-state index in [1.54, 1.807) is 11.9 Å². The lowest BCUT2D eigenvalue weighted by Gasteiger charge is -2.28. The van der Waals surface area contributed by atoms with Gasteiger partial charge in [-0.15, -0.1) is 0 Å². The molecular formula is C8H16N2O3. The summed E-state index contributed by atoms with van der Waals surface area (Å²) < 4.78 is 5.18. The van der Waals surface area contributed by atoms with Crippen molar-refractivity contribution in [1.82, 2.24) is 4.90 Å². The largest absolute Gasteiger partial charge is 0.480 e. The summed E-state index contributed by atoms with van der Waals surface area (Å²) in [7, 11) is 1.78. The summed E-state index contributed by atoms with van der Waals surface area (Å²) in [5, 5.41) is 8.84. The predicted molar refractivity (Wildman–Crippen MR) is 47.5 cm³/mol. The van der Waals surface area contributed by atoms with Gasteiger partial charge in [0.2, 0.25) is 0 Å². The van der Waals surface area contributed by atoms with Crippen LogP contribution in [-0.2, 0) is 9.53 Å². The van der Waals surface area contributed by atoms with Crippen LogP contribution in [0, 0.1) is 0 Å². The topological polar surface area (TPSA) is 75.8 Å². The zero-order valence-electron chi connectivity index (χ0n) is 7.77. The van der Waals surface area contributed by atoms with Gasteiger partial charge in [-0.25, -0.2) is 0 Å². The number of ether oxygens (including phenoxy) is 1. The molecule has 3 N–H and O–H groups in total. The second kappa shape index (κ2) is 4.55. The molecule has 5 heteroatoms. The maximum atomic E-state index is 10.8. The molecule has 0 aromatic carbocycles. The summed E-state index contributed by atoms with van der Waals surface area (Å²) in [6.45, 7) is 1.47. The minimum atomic E-state index is -0.864. The molecule has 0 aromatic rings. The molecule has 2 unspecified atom stereocenters. The minimum Gasteiger partial charge on any atom is -0.480 e. The molecule has 1 saturated heterocycles. The van der Waals surface area contributed by atoms with Gasteiger partial charge in [-0.1, -0.05) is 0 Å². The minimum absolute atomic E-state index is 0.141. The molecule has 0 spiro atoms. The molecule has 1 heterocycles. The fourth-order valence-electron chi connectivity index (χ4n) is 1.54. The average Bonchev–Trinajstić information content (AvgIpc) is 2.56. The molecule has 0 aliphatic carbocycles. The fourth-order valence-corrected chi connectivity index (χ4v) is 1.54. The lowest BCUT2D eigenvalue weighted by Crippen LogP contribution is -2.49. The number of carbonyl (C=O) groups is 1. The van der Waals surface area contributed by atoms with Gasteiger partial charge in [0, 0.05) is 19.2 Å². The van der Waals surface area contributed by atoms with E-state index in [4.69, 9.17) is 15.6 Å². The van der Waals surface area contributed by atoms with Crippen LogP contribution in [0.15, 0.2) is 0 Å². The third-order valence-electron chi connectivity index (χ3n) is 2.48. The van der Waals surface area contributed by atoms with Gasteiger partial charge in [0.05, 0.1) is 6.61 Å². The number of nitrogens with two attached hydrogens (primary N) is 1. The van der Waals surface area contributed by atoms with E-state index in [9.17, 15) is 4.79 Å². The molecular weight excluding hydrogens is 172 g/mol. The molecule has 0 saturated carbocycles. The zero-order chi connectivity index (χ0) is 9.84. The first-order chi connectivity index (χ1) is 6.16. The van der Waals surface area contributed by atoms with Gasteiger partial charge in [-0.05, 0) is 13.5 Å². The Hall–Kier alpha value is -0.650. The summed E-state index contributed by atoms with van der Waals surface area (Å²) in [6, 6.07) is -0.392. The molecule has 0 radical (unpaired) electrons. The Labute approximate surface area is 77.5 Å². The lowest BCUT2D eigenvalue weighted by atomic mass is 10.1. The fraction of sp³-hybridized carbons (Fsp3) is 0.875. The van der Waals surface area contributed by atoms with Crippen molar-refractivity contribution in [2.24, 2.45) is 5.73 Å². The van der Waals surface area contributed by atoms with Gasteiger partial charge >= 0.3 is 5.97 Å². The van der Waals surface area contributed by atoms with E-state index in [0.29, 0.717) is 13.2 Å². The number of hydrogen-bond acceptors (Lipinski definition) is 4. The van der Waals surface area contributed by atoms with Crippen molar-refractivity contribution in [3.63, 3.8) is 0 Å². The second-order valence-electron chi connectivity index (χ2n) is 3.27. The van der Waals surface area contributed by atoms with Crippen LogP contribution in [0.5, 0.6) is 0 Å². The standard InChI is InChI=1S/C8H16N2O3/c1-10(6-2-3-13-5-6)7(4-9)8(11)12/h6-7H,2-5,9H2,1H3,(H,11,12). The summed E-state index contributed by atoms with van der Waals surface area (Å²) >= 11 is 0. The molecule has 13 heavy (non-hydrogen) atoms. The summed E-state index contributed by atoms with van der Waals surface area (Å²) in [5.41, 5.74) is 5.38. The molecule has 0 bridgehead atoms. The quantitative estimate of drug-likeness (QED) is 0.599. The molecule has 5 nitrogen and oxygen atoms in total. The molecule has 1 rings (SSSR count). The van der Waals surface area contributed by atoms with Gasteiger partial charge in [0.25, 0.3) is 0 Å². The number of aliphatic carboxylic acids is 1. The monoisotopic (exact) mass is 188 g/mol. The number of carboxylic acid groups (broad SMARTS) is 1. The Morgan fingerprint density at radius 3 is 2.92 bits per heavy atom. The Balaban J connectivity index is 2.51. The van der Waals surface area contributed by atoms with Crippen LogP contribution in [0.25, 0.3) is 0 Å². The maximum absolute atomic E-state index is 10.8. The lowest BCUT2D eigenvalue weighted by molar-refractivity contribution is -0.143. The van der Waals surface area contributed by atoms with Crippen molar-refractivity contribution < 1.29 is 14.6 Å². The average molecular weight is 188 g/mol. The van der Waals surface area contributed by atoms with Crippen LogP contribution in [0.1, 0.15) is 6.42 Å². The Bertz CT molecular complexity index is 180. The third-order valence-corrected chi connectivity index (χ3v) is 2.48. The summed E-state index contributed by atoms with van der Waals surface area (Å²) in [4.78, 5) is 12.6. The Morgan fingerprint density at radius 1 is 1.85 bits per heavy atom. The van der Waals surface area contributed by atoms with Crippen molar-refractivity contribution >= 4 is 5.97 Å². The number of hydrogen-bond donors (Lipinski definition) is 2. The smallest absolute Gasteiger partial charge is 0.322 e. The van der Waals surface area contributed by atoms with Crippen LogP contribution in [0.4, 0.5) is 0 Å². The van der Waals surface area contributed by atoms with E-state index < -0.39 is 12.0 Å². The highest BCUT2D eigenvalue weighted by molar-refractivity contribution is 5.73. The van der Waals surface area contributed by atoms with Crippen LogP contribution in [0.3, 0.4) is 0 Å². The third kappa shape index (κ3) is 2.40. The summed E-state index contributed by atoms with van der Waals surface area (Å²) in [6.07, 6.45) is 0.889. The van der Waals surface area contributed by atoms with Crippen molar-refractivity contribution in [2.75, 3.05) is 26.8 Å². The second-order valence-corrected chi connectivity index (χ2v) is 3.27. The molecule has 1 aliphatic heterocycles. The van der Waals surface area contributed by atoms with Gasteiger partial charge in [-0.3, -0.25) is 9.69 Å². The van der Waals surface area contributed by atoms with Crippen LogP contribution in [-0.4, -0.2) is 54.9 Å². The molecule has 0 aromatic heterocycles. The molecule has 2 atom stereocenters. The number of carboxylic acids is 1. The highest BCUT2D eigenvalue weighted by Gasteiger charge is 2.29. The van der Waals surface area contributed by atoms with Crippen LogP contribution < -0.4 is 5.73 Å². The van der Waals surface area contributed by atoms with Gasteiger partial charge in [0.1, 0.15) is 6.04 Å². The van der Waals surface area contributed by atoms with Crippen LogP contribution in [0.2, 0.25) is 0 Å². The SMILES string of the molecule is CN(C1CCOC1)C(CN)C(=O)O. The zero-order valence-corrected chi connectivity index (χ0v) is 7.77. The first kappa shape index (κ1) is 10.4. The highest BCUT2D eigenvalue weighted by Crippen LogP contribution is 2.12. The Kier molecular flexibility index (Phi) is 3.65. The van der Waals surface area contributed by atoms with Gasteiger partial charge in [0.15, 0.2) is 0 Å². The first-order valence-corrected chi connectivity index (χ1v) is 4.39. The summed E-state index contributed by atoms with van der Waals surface area (Å²) in [5.74, 6) is -0.864. The molecule has 76 valence electrons. The van der Waals surface area contributed by atoms with E-state index in [0.717, 1.165) is 6.42 Å². The van der Waals surface area contributed by atoms with E-state index in [-0.39, 0.29) is 12.6 Å². The van der Waals surface area contributed by atoms with Crippen molar-refractivity contribution in [3.05, 3.63) is 0 Å². The van der Waals surface area contributed by atoms with E-state index in [2.05, 4.69) is 0 Å². The van der Waals surface area contributed by atoms with Crippen molar-refractivity contribution in [1.29, 1.82) is 0 Å². The van der Waals surface area contributed by atoms with Crippen molar-refractivity contribution in [3.8, 4) is 0 Å². The van der Waals surface area contributed by atoms with E-state index in [1.807, 2.05) is 0 Å². The molecule has 0 amide bonds. The Morgan fingerprint density at radius 2 is 2.54 bits per heavy atom. The first-order valence-electron chi connectivity index (χ1n) is 4.39. The maximum Gasteiger partial charge on any atom is 0.322 e. The number of rotatable bonds is 4. The van der Waals surface area contributed by atoms with Crippen molar-refractivity contribution in [2.45, 2.75) is 18.5 Å².